The van der Waals surface area contributed by atoms with Gasteiger partial charge < -0.3 is 4.57 Å². The minimum absolute atomic E-state index is 0.00422. The summed E-state index contributed by atoms with van der Waals surface area (Å²) in [6.07, 6.45) is 1.87. The second-order valence-corrected chi connectivity index (χ2v) is 5.93. The quantitative estimate of drug-likeness (QED) is 0.735. The molecule has 2 aromatic rings. The predicted molar refractivity (Wildman–Crippen MR) is 83.4 cm³/mol. The predicted octanol–water partition coefficient (Wildman–Crippen LogP) is 3.77. The standard InChI is InChI=1S/C14H13ClINO/c1-9-3-4-11(12(15)5-9)7-17-8-13(16)10(2)6-14(17)18/h3-6,8H,7H2,1-2H3. The summed E-state index contributed by atoms with van der Waals surface area (Å²) in [6.45, 7) is 4.44. The Bertz CT molecular complexity index is 649. The van der Waals surface area contributed by atoms with Crippen LogP contribution in [0.15, 0.2) is 35.3 Å². The van der Waals surface area contributed by atoms with Crippen molar-refractivity contribution in [2.75, 3.05) is 0 Å². The summed E-state index contributed by atoms with van der Waals surface area (Å²) in [6, 6.07) is 7.55. The molecule has 0 aliphatic rings. The molecule has 0 N–H and O–H groups in total. The van der Waals surface area contributed by atoms with Gasteiger partial charge in [-0.1, -0.05) is 23.7 Å². The lowest BCUT2D eigenvalue weighted by molar-refractivity contribution is 0.753. The third kappa shape index (κ3) is 2.95. The van der Waals surface area contributed by atoms with Crippen molar-refractivity contribution in [1.29, 1.82) is 0 Å². The summed E-state index contributed by atoms with van der Waals surface area (Å²) in [5, 5.41) is 0.706. The first-order valence-corrected chi connectivity index (χ1v) is 7.04. The number of pyridine rings is 1. The molecular weight excluding hydrogens is 361 g/mol. The van der Waals surface area contributed by atoms with Crippen LogP contribution < -0.4 is 5.56 Å². The highest BCUT2D eigenvalue weighted by atomic mass is 127. The van der Waals surface area contributed by atoms with Gasteiger partial charge in [-0.3, -0.25) is 4.79 Å². The lowest BCUT2D eigenvalue weighted by Crippen LogP contribution is -2.20. The zero-order valence-corrected chi connectivity index (χ0v) is 13.1. The second kappa shape index (κ2) is 5.45. The van der Waals surface area contributed by atoms with E-state index in [-0.39, 0.29) is 5.56 Å². The first-order chi connectivity index (χ1) is 8.47. The lowest BCUT2D eigenvalue weighted by atomic mass is 10.1. The van der Waals surface area contributed by atoms with Crippen molar-refractivity contribution in [3.05, 3.63) is 66.1 Å². The van der Waals surface area contributed by atoms with E-state index in [4.69, 9.17) is 11.6 Å². The molecule has 0 saturated carbocycles. The first-order valence-electron chi connectivity index (χ1n) is 5.59. The van der Waals surface area contributed by atoms with Gasteiger partial charge >= 0.3 is 0 Å². The van der Waals surface area contributed by atoms with E-state index in [0.29, 0.717) is 11.6 Å². The summed E-state index contributed by atoms with van der Waals surface area (Å²) < 4.78 is 2.76. The van der Waals surface area contributed by atoms with Gasteiger partial charge in [-0.25, -0.2) is 0 Å². The van der Waals surface area contributed by atoms with Gasteiger partial charge in [0, 0.05) is 20.9 Å². The molecule has 2 nitrogen and oxygen atoms in total. The van der Waals surface area contributed by atoms with Crippen molar-refractivity contribution >= 4 is 34.2 Å². The molecule has 2 rings (SSSR count). The molecule has 0 unspecified atom stereocenters. The van der Waals surface area contributed by atoms with E-state index in [1.165, 1.54) is 0 Å². The van der Waals surface area contributed by atoms with Crippen molar-refractivity contribution in [2.24, 2.45) is 0 Å². The summed E-state index contributed by atoms with van der Waals surface area (Å²) in [4.78, 5) is 11.9. The van der Waals surface area contributed by atoms with Crippen LogP contribution in [-0.4, -0.2) is 4.57 Å². The van der Waals surface area contributed by atoms with Crippen molar-refractivity contribution < 1.29 is 0 Å². The monoisotopic (exact) mass is 373 g/mol. The smallest absolute Gasteiger partial charge is 0.251 e. The summed E-state index contributed by atoms with van der Waals surface area (Å²) in [5.41, 5.74) is 3.09. The maximum Gasteiger partial charge on any atom is 0.251 e. The van der Waals surface area contributed by atoms with Gasteiger partial charge in [-0.2, -0.15) is 0 Å². The fraction of sp³-hybridized carbons (Fsp3) is 0.214. The Morgan fingerprint density at radius 3 is 2.67 bits per heavy atom. The second-order valence-electron chi connectivity index (χ2n) is 4.37. The van der Waals surface area contributed by atoms with Crippen molar-refractivity contribution in [3.8, 4) is 0 Å². The van der Waals surface area contributed by atoms with Crippen LogP contribution in [0.2, 0.25) is 5.02 Å². The molecule has 4 heteroatoms. The van der Waals surface area contributed by atoms with Crippen LogP contribution in [0.25, 0.3) is 0 Å². The van der Waals surface area contributed by atoms with E-state index in [0.717, 1.165) is 20.3 Å². The highest BCUT2D eigenvalue weighted by molar-refractivity contribution is 14.1. The SMILES string of the molecule is Cc1ccc(Cn2cc(I)c(C)cc2=O)c(Cl)c1. The van der Waals surface area contributed by atoms with Crippen LogP contribution in [0.1, 0.15) is 16.7 Å². The molecule has 0 amide bonds. The molecule has 18 heavy (non-hydrogen) atoms. The number of aryl methyl sites for hydroxylation is 2. The molecule has 1 aromatic carbocycles. The molecule has 0 atom stereocenters. The van der Waals surface area contributed by atoms with Crippen molar-refractivity contribution in [1.82, 2.24) is 4.57 Å². The van der Waals surface area contributed by atoms with E-state index in [1.807, 2.05) is 38.2 Å². The third-order valence-corrected chi connectivity index (χ3v) is 4.30. The molecular formula is C14H13ClINO. The van der Waals surface area contributed by atoms with E-state index in [1.54, 1.807) is 10.6 Å². The number of hydrogen-bond donors (Lipinski definition) is 0. The fourth-order valence-electron chi connectivity index (χ4n) is 1.73. The van der Waals surface area contributed by atoms with Gasteiger partial charge in [0.15, 0.2) is 0 Å². The molecule has 0 saturated heterocycles. The van der Waals surface area contributed by atoms with Crippen LogP contribution in [0, 0.1) is 17.4 Å². The number of halogens is 2. The van der Waals surface area contributed by atoms with Gasteiger partial charge in [-0.15, -0.1) is 0 Å². The maximum atomic E-state index is 11.9. The number of benzene rings is 1. The Balaban J connectivity index is 2.40. The lowest BCUT2D eigenvalue weighted by Gasteiger charge is -2.09. The molecule has 0 aliphatic heterocycles. The topological polar surface area (TPSA) is 22.0 Å². The summed E-state index contributed by atoms with van der Waals surface area (Å²) in [5.74, 6) is 0. The van der Waals surface area contributed by atoms with Gasteiger partial charge in [0.1, 0.15) is 0 Å². The Kier molecular flexibility index (Phi) is 4.12. The molecule has 1 aromatic heterocycles. The minimum Gasteiger partial charge on any atom is -0.310 e. The van der Waals surface area contributed by atoms with Crippen LogP contribution in [0.4, 0.5) is 0 Å². The van der Waals surface area contributed by atoms with Gasteiger partial charge in [-0.05, 0) is 59.2 Å². The Morgan fingerprint density at radius 2 is 2.00 bits per heavy atom. The summed E-state index contributed by atoms with van der Waals surface area (Å²) >= 11 is 8.42. The zero-order chi connectivity index (χ0) is 13.3. The Morgan fingerprint density at radius 1 is 1.28 bits per heavy atom. The first kappa shape index (κ1) is 13.6. The van der Waals surface area contributed by atoms with Crippen LogP contribution in [-0.2, 0) is 6.54 Å². The molecule has 0 fully saturated rings. The molecule has 1 heterocycles. The van der Waals surface area contributed by atoms with Gasteiger partial charge in [0.2, 0.25) is 0 Å². The normalized spacial score (nSPS) is 10.7. The van der Waals surface area contributed by atoms with E-state index in [2.05, 4.69) is 22.6 Å². The highest BCUT2D eigenvalue weighted by Gasteiger charge is 2.05. The van der Waals surface area contributed by atoms with E-state index in [9.17, 15) is 4.79 Å². The molecule has 0 aliphatic carbocycles. The zero-order valence-electron chi connectivity index (χ0n) is 10.2. The largest absolute Gasteiger partial charge is 0.310 e. The Hall–Kier alpha value is -0.810. The average molecular weight is 374 g/mol. The summed E-state index contributed by atoms with van der Waals surface area (Å²) in [7, 11) is 0. The fourth-order valence-corrected chi connectivity index (χ4v) is 2.51. The molecule has 0 spiro atoms. The minimum atomic E-state index is 0.00422. The van der Waals surface area contributed by atoms with Crippen LogP contribution in [0.5, 0.6) is 0 Å². The average Bonchev–Trinajstić information content (AvgIpc) is 2.29. The number of hydrogen-bond acceptors (Lipinski definition) is 1. The maximum absolute atomic E-state index is 11.9. The van der Waals surface area contributed by atoms with Crippen LogP contribution in [0.3, 0.4) is 0 Å². The van der Waals surface area contributed by atoms with Crippen molar-refractivity contribution in [3.63, 3.8) is 0 Å². The number of nitrogens with zero attached hydrogens (tertiary/aromatic N) is 1. The highest BCUT2D eigenvalue weighted by Crippen LogP contribution is 2.18. The van der Waals surface area contributed by atoms with Crippen molar-refractivity contribution in [2.45, 2.75) is 20.4 Å². The van der Waals surface area contributed by atoms with Crippen LogP contribution >= 0.6 is 34.2 Å². The molecule has 94 valence electrons. The number of aromatic nitrogens is 1. The van der Waals surface area contributed by atoms with E-state index >= 15 is 0 Å². The van der Waals surface area contributed by atoms with E-state index < -0.39 is 0 Å². The molecule has 0 bridgehead atoms. The third-order valence-electron chi connectivity index (χ3n) is 2.82. The van der Waals surface area contributed by atoms with Gasteiger partial charge in [0.25, 0.3) is 5.56 Å². The Labute approximate surface area is 125 Å². The molecule has 0 radical (unpaired) electrons. The van der Waals surface area contributed by atoms with Gasteiger partial charge in [0.05, 0.1) is 6.54 Å². The number of rotatable bonds is 2.